The normalized spacial score (nSPS) is 17.8. The lowest BCUT2D eigenvalue weighted by molar-refractivity contribution is -0.132. The summed E-state index contributed by atoms with van der Waals surface area (Å²) in [4.78, 5) is 32.3. The second-order valence-corrected chi connectivity index (χ2v) is 8.82. The molecule has 1 atom stereocenters. The molecule has 0 unspecified atom stereocenters. The third-order valence-electron chi connectivity index (χ3n) is 6.57. The zero-order chi connectivity index (χ0) is 22.8. The van der Waals surface area contributed by atoms with Gasteiger partial charge in [-0.25, -0.2) is 4.98 Å². The maximum atomic E-state index is 13.1. The summed E-state index contributed by atoms with van der Waals surface area (Å²) < 4.78 is 13.2. The molecule has 3 heterocycles. The summed E-state index contributed by atoms with van der Waals surface area (Å²) in [6.07, 6.45) is 5.39. The Balaban J connectivity index is 1.25. The molecule has 172 valence electrons. The minimum atomic E-state index is -0.0533. The fraction of sp³-hybridized carbons (Fsp3) is 0.423. The lowest BCUT2D eigenvalue weighted by Crippen LogP contribution is -2.31. The topological polar surface area (TPSA) is 73.7 Å². The number of carbonyl (C=O) groups excluding carboxylic acids is 1. The van der Waals surface area contributed by atoms with Crippen molar-refractivity contribution in [3.05, 3.63) is 64.2 Å². The Labute approximate surface area is 192 Å². The van der Waals surface area contributed by atoms with E-state index in [1.165, 1.54) is 0 Å². The number of fused-ring (bicyclic) bond motifs is 2. The monoisotopic (exact) mass is 447 g/mol. The molecule has 2 aliphatic rings. The molecule has 1 aromatic heterocycles. The second-order valence-electron chi connectivity index (χ2n) is 8.82. The first-order chi connectivity index (χ1) is 16.1. The molecule has 3 aromatic rings. The van der Waals surface area contributed by atoms with E-state index < -0.39 is 0 Å². The molecule has 0 aliphatic carbocycles. The van der Waals surface area contributed by atoms with E-state index in [0.29, 0.717) is 38.0 Å². The van der Waals surface area contributed by atoms with E-state index in [2.05, 4.69) is 4.98 Å². The maximum absolute atomic E-state index is 13.1. The largest absolute Gasteiger partial charge is 0.490 e. The SMILES string of the molecule is Cc1cccc2c(=O)n(CCCC(=O)N3CCC[C@@H]3c3ccc4c(c3)OCCCO4)cnc12. The van der Waals surface area contributed by atoms with Gasteiger partial charge in [0.1, 0.15) is 0 Å². The molecule has 2 aromatic carbocycles. The third kappa shape index (κ3) is 4.32. The molecule has 0 radical (unpaired) electrons. The van der Waals surface area contributed by atoms with Gasteiger partial charge in [-0.2, -0.15) is 0 Å². The first-order valence-electron chi connectivity index (χ1n) is 11.8. The van der Waals surface area contributed by atoms with Crippen LogP contribution in [0.5, 0.6) is 11.5 Å². The van der Waals surface area contributed by atoms with Gasteiger partial charge in [-0.05, 0) is 55.5 Å². The van der Waals surface area contributed by atoms with Crippen molar-refractivity contribution in [2.75, 3.05) is 19.8 Å². The molecule has 5 rings (SSSR count). The number of amides is 1. The number of para-hydroxylation sites is 1. The third-order valence-corrected chi connectivity index (χ3v) is 6.57. The Morgan fingerprint density at radius 1 is 1.12 bits per heavy atom. The van der Waals surface area contributed by atoms with Gasteiger partial charge in [-0.3, -0.25) is 14.2 Å². The van der Waals surface area contributed by atoms with Gasteiger partial charge in [0.15, 0.2) is 11.5 Å². The van der Waals surface area contributed by atoms with Gasteiger partial charge in [0, 0.05) is 25.9 Å². The first kappa shape index (κ1) is 21.5. The molecule has 7 heteroatoms. The number of nitrogens with zero attached hydrogens (tertiary/aromatic N) is 3. The van der Waals surface area contributed by atoms with Crippen molar-refractivity contribution in [3.8, 4) is 11.5 Å². The Morgan fingerprint density at radius 3 is 2.85 bits per heavy atom. The lowest BCUT2D eigenvalue weighted by atomic mass is 10.0. The van der Waals surface area contributed by atoms with Crippen LogP contribution in [0.25, 0.3) is 10.9 Å². The highest BCUT2D eigenvalue weighted by Crippen LogP contribution is 2.38. The minimum absolute atomic E-state index is 0.0533. The van der Waals surface area contributed by atoms with E-state index >= 15 is 0 Å². The van der Waals surface area contributed by atoms with Gasteiger partial charge in [0.2, 0.25) is 5.91 Å². The summed E-state index contributed by atoms with van der Waals surface area (Å²) in [6, 6.07) is 11.7. The average molecular weight is 448 g/mol. The number of hydrogen-bond donors (Lipinski definition) is 0. The van der Waals surface area contributed by atoms with Gasteiger partial charge in [-0.1, -0.05) is 18.2 Å². The standard InChI is InChI=1S/C26H29N3O4/c1-18-6-2-7-20-25(18)27-17-28(26(20)31)12-4-9-24(30)29-13-3-8-21(29)19-10-11-22-23(16-19)33-15-5-14-32-22/h2,6-7,10-11,16-17,21H,3-5,8-9,12-15H2,1H3/t21-/m1/s1. The zero-order valence-corrected chi connectivity index (χ0v) is 19.0. The number of hydrogen-bond acceptors (Lipinski definition) is 5. The smallest absolute Gasteiger partial charge is 0.261 e. The van der Waals surface area contributed by atoms with Crippen LogP contribution >= 0.6 is 0 Å². The predicted octanol–water partition coefficient (Wildman–Crippen LogP) is 4.01. The fourth-order valence-electron chi connectivity index (χ4n) is 4.84. The molecular weight excluding hydrogens is 418 g/mol. The van der Waals surface area contributed by atoms with E-state index in [-0.39, 0.29) is 17.5 Å². The zero-order valence-electron chi connectivity index (χ0n) is 19.0. The fourth-order valence-corrected chi connectivity index (χ4v) is 4.84. The van der Waals surface area contributed by atoms with Gasteiger partial charge in [0.25, 0.3) is 5.56 Å². The summed E-state index contributed by atoms with van der Waals surface area (Å²) >= 11 is 0. The number of likely N-dealkylation sites (tertiary alicyclic amines) is 1. The molecular formula is C26H29N3O4. The quantitative estimate of drug-likeness (QED) is 0.591. The van der Waals surface area contributed by atoms with Crippen molar-refractivity contribution in [2.24, 2.45) is 0 Å². The first-order valence-corrected chi connectivity index (χ1v) is 11.8. The van der Waals surface area contributed by atoms with Gasteiger partial charge in [0.05, 0.1) is 36.5 Å². The number of benzene rings is 2. The van der Waals surface area contributed by atoms with Crippen molar-refractivity contribution < 1.29 is 14.3 Å². The maximum Gasteiger partial charge on any atom is 0.261 e. The van der Waals surface area contributed by atoms with Crippen LogP contribution in [0.4, 0.5) is 0 Å². The Morgan fingerprint density at radius 2 is 1.97 bits per heavy atom. The number of rotatable bonds is 5. The Kier molecular flexibility index (Phi) is 6.03. The van der Waals surface area contributed by atoms with Gasteiger partial charge < -0.3 is 14.4 Å². The summed E-state index contributed by atoms with van der Waals surface area (Å²) in [5.74, 6) is 1.67. The van der Waals surface area contributed by atoms with E-state index in [1.807, 2.05) is 48.2 Å². The van der Waals surface area contributed by atoms with E-state index in [1.54, 1.807) is 10.9 Å². The van der Waals surface area contributed by atoms with Gasteiger partial charge in [-0.15, -0.1) is 0 Å². The van der Waals surface area contributed by atoms with Crippen LogP contribution in [0.2, 0.25) is 0 Å². The summed E-state index contributed by atoms with van der Waals surface area (Å²) in [6.45, 7) is 4.49. The molecule has 7 nitrogen and oxygen atoms in total. The summed E-state index contributed by atoms with van der Waals surface area (Å²) in [5, 5.41) is 0.623. The van der Waals surface area contributed by atoms with E-state index in [9.17, 15) is 9.59 Å². The molecule has 0 bridgehead atoms. The van der Waals surface area contributed by atoms with Crippen LogP contribution < -0.4 is 15.0 Å². The molecule has 1 saturated heterocycles. The predicted molar refractivity (Wildman–Crippen MR) is 126 cm³/mol. The van der Waals surface area contributed by atoms with Crippen molar-refractivity contribution in [3.63, 3.8) is 0 Å². The summed E-state index contributed by atoms with van der Waals surface area (Å²) in [7, 11) is 0. The number of carbonyl (C=O) groups is 1. The second kappa shape index (κ2) is 9.25. The molecule has 0 spiro atoms. The van der Waals surface area contributed by atoms with Crippen LogP contribution in [-0.4, -0.2) is 40.1 Å². The van der Waals surface area contributed by atoms with Crippen LogP contribution in [0, 0.1) is 6.92 Å². The summed E-state index contributed by atoms with van der Waals surface area (Å²) in [5.41, 5.74) is 2.77. The van der Waals surface area contributed by atoms with Crippen LogP contribution in [0.1, 0.15) is 49.3 Å². The van der Waals surface area contributed by atoms with Crippen molar-refractivity contribution in [1.82, 2.24) is 14.5 Å². The van der Waals surface area contributed by atoms with E-state index in [4.69, 9.17) is 9.47 Å². The average Bonchev–Trinajstić information content (AvgIpc) is 3.20. The molecule has 0 saturated carbocycles. The number of aryl methyl sites for hydroxylation is 2. The van der Waals surface area contributed by atoms with Crippen molar-refractivity contribution in [2.45, 2.75) is 51.6 Å². The molecule has 1 amide bonds. The molecule has 0 N–H and O–H groups in total. The van der Waals surface area contributed by atoms with Crippen LogP contribution in [0.3, 0.4) is 0 Å². The Hall–Kier alpha value is -3.35. The highest BCUT2D eigenvalue weighted by atomic mass is 16.5. The number of aromatic nitrogens is 2. The van der Waals surface area contributed by atoms with Gasteiger partial charge >= 0.3 is 0 Å². The van der Waals surface area contributed by atoms with Crippen LogP contribution in [0.15, 0.2) is 47.5 Å². The highest BCUT2D eigenvalue weighted by molar-refractivity contribution is 5.80. The molecule has 33 heavy (non-hydrogen) atoms. The lowest BCUT2D eigenvalue weighted by Gasteiger charge is -2.26. The minimum Gasteiger partial charge on any atom is -0.490 e. The van der Waals surface area contributed by atoms with E-state index in [0.717, 1.165) is 53.9 Å². The van der Waals surface area contributed by atoms with Crippen molar-refractivity contribution >= 4 is 16.8 Å². The molecule has 1 fully saturated rings. The highest BCUT2D eigenvalue weighted by Gasteiger charge is 2.30. The van der Waals surface area contributed by atoms with Crippen LogP contribution in [-0.2, 0) is 11.3 Å². The van der Waals surface area contributed by atoms with Crippen molar-refractivity contribution in [1.29, 1.82) is 0 Å². The number of ether oxygens (including phenoxy) is 2. The molecule has 2 aliphatic heterocycles. The Bertz CT molecular complexity index is 1240.